The SMILES string of the molecule is C#Cc1cccc2nc(C(C)NC(=O)c3ncc[nH+]c3N)n(-c3ccccc3)c(=O)c12. The van der Waals surface area contributed by atoms with Gasteiger partial charge in [0, 0.05) is 5.56 Å². The second-order valence-electron chi connectivity index (χ2n) is 6.84. The van der Waals surface area contributed by atoms with E-state index in [1.807, 2.05) is 18.2 Å². The van der Waals surface area contributed by atoms with Crippen LogP contribution in [0.3, 0.4) is 0 Å². The lowest BCUT2D eigenvalue weighted by molar-refractivity contribution is -0.361. The highest BCUT2D eigenvalue weighted by Crippen LogP contribution is 2.20. The number of amides is 1. The number of para-hydroxylation sites is 1. The largest absolute Gasteiger partial charge is 0.341 e. The molecule has 4 rings (SSSR count). The van der Waals surface area contributed by atoms with Gasteiger partial charge in [0.25, 0.3) is 11.5 Å². The van der Waals surface area contributed by atoms with Crippen molar-refractivity contribution in [1.29, 1.82) is 0 Å². The highest BCUT2D eigenvalue weighted by Gasteiger charge is 2.23. The molecule has 31 heavy (non-hydrogen) atoms. The zero-order valence-electron chi connectivity index (χ0n) is 16.7. The first-order valence-electron chi connectivity index (χ1n) is 9.52. The molecule has 1 unspecified atom stereocenters. The quantitative estimate of drug-likeness (QED) is 0.495. The van der Waals surface area contributed by atoms with E-state index in [0.717, 1.165) is 0 Å². The van der Waals surface area contributed by atoms with Crippen molar-refractivity contribution in [2.75, 3.05) is 5.73 Å². The summed E-state index contributed by atoms with van der Waals surface area (Å²) >= 11 is 0. The second-order valence-corrected chi connectivity index (χ2v) is 6.84. The van der Waals surface area contributed by atoms with Gasteiger partial charge in [0.05, 0.1) is 28.8 Å². The summed E-state index contributed by atoms with van der Waals surface area (Å²) < 4.78 is 1.46. The van der Waals surface area contributed by atoms with Gasteiger partial charge in [-0.25, -0.2) is 15.0 Å². The van der Waals surface area contributed by atoms with Gasteiger partial charge in [-0.05, 0) is 31.2 Å². The van der Waals surface area contributed by atoms with Gasteiger partial charge in [-0.15, -0.1) is 6.42 Å². The third-order valence-corrected chi connectivity index (χ3v) is 4.82. The highest BCUT2D eigenvalue weighted by atomic mass is 16.2. The summed E-state index contributed by atoms with van der Waals surface area (Å²) in [6.45, 7) is 1.73. The van der Waals surface area contributed by atoms with Crippen LogP contribution in [0.4, 0.5) is 5.82 Å². The molecule has 0 radical (unpaired) electrons. The molecule has 0 aliphatic heterocycles. The highest BCUT2D eigenvalue weighted by molar-refractivity contribution is 5.95. The Bertz CT molecular complexity index is 1390. The molecule has 0 aliphatic carbocycles. The third-order valence-electron chi connectivity index (χ3n) is 4.82. The Balaban J connectivity index is 1.89. The van der Waals surface area contributed by atoms with Crippen LogP contribution in [-0.4, -0.2) is 20.4 Å². The molecular weight excluding hydrogens is 392 g/mol. The fourth-order valence-corrected chi connectivity index (χ4v) is 3.37. The van der Waals surface area contributed by atoms with E-state index in [9.17, 15) is 9.59 Å². The molecule has 2 aromatic heterocycles. The van der Waals surface area contributed by atoms with Crippen molar-refractivity contribution in [3.05, 3.63) is 88.4 Å². The van der Waals surface area contributed by atoms with E-state index in [0.29, 0.717) is 28.0 Å². The number of H-pyrrole nitrogens is 1. The molecule has 0 saturated heterocycles. The minimum absolute atomic E-state index is 0.0540. The summed E-state index contributed by atoms with van der Waals surface area (Å²) in [4.78, 5) is 37.7. The Kier molecular flexibility index (Phi) is 5.16. The first-order chi connectivity index (χ1) is 15.0. The van der Waals surface area contributed by atoms with Gasteiger partial charge in [-0.3, -0.25) is 19.9 Å². The van der Waals surface area contributed by atoms with E-state index in [-0.39, 0.29) is 17.1 Å². The lowest BCUT2D eigenvalue weighted by Gasteiger charge is -2.19. The van der Waals surface area contributed by atoms with Gasteiger partial charge in [0.1, 0.15) is 12.0 Å². The Hall–Kier alpha value is -4.51. The fourth-order valence-electron chi connectivity index (χ4n) is 3.37. The van der Waals surface area contributed by atoms with Crippen LogP contribution in [-0.2, 0) is 0 Å². The molecular formula is C23H19N6O2+. The van der Waals surface area contributed by atoms with Gasteiger partial charge >= 0.3 is 5.82 Å². The molecule has 8 nitrogen and oxygen atoms in total. The molecule has 4 aromatic rings. The Labute approximate surface area is 177 Å². The molecule has 152 valence electrons. The van der Waals surface area contributed by atoms with Crippen LogP contribution < -0.4 is 21.6 Å². The number of terminal acetylenes is 1. The monoisotopic (exact) mass is 411 g/mol. The fraction of sp³-hybridized carbons (Fsp3) is 0.0870. The van der Waals surface area contributed by atoms with Gasteiger partial charge < -0.3 is 5.32 Å². The first-order valence-corrected chi connectivity index (χ1v) is 9.52. The number of nitrogen functional groups attached to an aromatic ring is 1. The normalized spacial score (nSPS) is 11.6. The molecule has 1 atom stereocenters. The van der Waals surface area contributed by atoms with Crippen LogP contribution in [0.1, 0.15) is 34.8 Å². The maximum Gasteiger partial charge on any atom is 0.302 e. The Morgan fingerprint density at radius 2 is 2.00 bits per heavy atom. The number of anilines is 1. The summed E-state index contributed by atoms with van der Waals surface area (Å²) in [5, 5.41) is 3.17. The lowest BCUT2D eigenvalue weighted by Crippen LogP contribution is -2.34. The number of rotatable bonds is 4. The predicted molar refractivity (Wildman–Crippen MR) is 116 cm³/mol. The smallest absolute Gasteiger partial charge is 0.302 e. The van der Waals surface area contributed by atoms with E-state index >= 15 is 0 Å². The number of hydrogen-bond donors (Lipinski definition) is 2. The number of nitrogens with zero attached hydrogens (tertiary/aromatic N) is 3. The van der Waals surface area contributed by atoms with Crippen LogP contribution >= 0.6 is 0 Å². The first kappa shape index (κ1) is 19.8. The van der Waals surface area contributed by atoms with Crippen molar-refractivity contribution in [2.24, 2.45) is 0 Å². The van der Waals surface area contributed by atoms with Crippen LogP contribution in [0, 0.1) is 12.3 Å². The van der Waals surface area contributed by atoms with Crippen LogP contribution in [0.2, 0.25) is 0 Å². The summed E-state index contributed by atoms with van der Waals surface area (Å²) in [7, 11) is 0. The van der Waals surface area contributed by atoms with Gasteiger partial charge in [0.2, 0.25) is 5.69 Å². The zero-order chi connectivity index (χ0) is 22.0. The molecule has 2 aromatic carbocycles. The van der Waals surface area contributed by atoms with Crippen LogP contribution in [0.5, 0.6) is 0 Å². The number of fused-ring (bicyclic) bond motifs is 1. The number of carbonyl (C=O) groups is 1. The van der Waals surface area contributed by atoms with Gasteiger partial charge in [-0.1, -0.05) is 30.2 Å². The number of aromatic amines is 1. The lowest BCUT2D eigenvalue weighted by atomic mass is 10.1. The van der Waals surface area contributed by atoms with E-state index in [1.54, 1.807) is 37.3 Å². The maximum absolute atomic E-state index is 13.5. The molecule has 1 amide bonds. The van der Waals surface area contributed by atoms with Gasteiger partial charge in [-0.2, -0.15) is 0 Å². The number of nitrogens with two attached hydrogens (primary N) is 1. The zero-order valence-corrected chi connectivity index (χ0v) is 16.7. The van der Waals surface area contributed by atoms with Crippen molar-refractivity contribution in [3.8, 4) is 18.0 Å². The molecule has 2 heterocycles. The second kappa shape index (κ2) is 8.08. The molecule has 0 spiro atoms. The van der Waals surface area contributed by atoms with Crippen LogP contribution in [0.15, 0.2) is 65.7 Å². The standard InChI is InChI=1S/C23H18N6O2/c1-3-15-8-7-11-17-18(15)23(31)29(16-9-5-4-6-10-16)21(28-17)14(2)27-22(30)19-20(24)26-13-12-25-19/h1,4-14H,2H3,(H2,24,26)(H,27,30)/p+1. The number of aromatic nitrogens is 4. The van der Waals surface area contributed by atoms with Gasteiger partial charge in [0.15, 0.2) is 0 Å². The van der Waals surface area contributed by atoms with E-state index in [2.05, 4.69) is 26.2 Å². The predicted octanol–water partition coefficient (Wildman–Crippen LogP) is 1.65. The minimum Gasteiger partial charge on any atom is -0.341 e. The third kappa shape index (κ3) is 3.60. The molecule has 4 N–H and O–H groups in total. The maximum atomic E-state index is 13.5. The Morgan fingerprint density at radius 1 is 1.23 bits per heavy atom. The van der Waals surface area contributed by atoms with Crippen molar-refractivity contribution in [1.82, 2.24) is 19.9 Å². The number of benzene rings is 2. The summed E-state index contributed by atoms with van der Waals surface area (Å²) in [6, 6.07) is 13.6. The summed E-state index contributed by atoms with van der Waals surface area (Å²) in [6.07, 6.45) is 8.57. The number of hydrogen-bond acceptors (Lipinski definition) is 5. The summed E-state index contributed by atoms with van der Waals surface area (Å²) in [5.74, 6) is 2.55. The van der Waals surface area contributed by atoms with E-state index in [1.165, 1.54) is 17.0 Å². The van der Waals surface area contributed by atoms with Crippen molar-refractivity contribution in [2.45, 2.75) is 13.0 Å². The van der Waals surface area contributed by atoms with E-state index < -0.39 is 11.9 Å². The molecule has 0 bridgehead atoms. The topological polar surface area (TPSA) is 117 Å². The molecule has 8 heteroatoms. The average molecular weight is 411 g/mol. The molecule has 0 saturated carbocycles. The molecule has 0 aliphatic rings. The van der Waals surface area contributed by atoms with E-state index in [4.69, 9.17) is 12.2 Å². The van der Waals surface area contributed by atoms with Crippen molar-refractivity contribution in [3.63, 3.8) is 0 Å². The minimum atomic E-state index is -0.638. The molecule has 0 fully saturated rings. The number of carbonyl (C=O) groups excluding carboxylic acids is 1. The van der Waals surface area contributed by atoms with Crippen molar-refractivity contribution < 1.29 is 9.78 Å². The number of nitrogens with one attached hydrogen (secondary N) is 2. The Morgan fingerprint density at radius 3 is 2.71 bits per heavy atom. The van der Waals surface area contributed by atoms with Crippen molar-refractivity contribution >= 4 is 22.6 Å². The average Bonchev–Trinajstić information content (AvgIpc) is 2.79. The summed E-state index contributed by atoms with van der Waals surface area (Å²) in [5.41, 5.74) is 7.08. The van der Waals surface area contributed by atoms with Crippen LogP contribution in [0.25, 0.3) is 16.6 Å².